The Labute approximate surface area is 147 Å². The second kappa shape index (κ2) is 6.41. The molecule has 2 aliphatic carbocycles. The molecule has 1 aromatic carbocycles. The number of allylic oxidation sites excluding steroid dienone is 2. The number of fused-ring (bicyclic) bond motifs is 2. The van der Waals surface area contributed by atoms with E-state index in [4.69, 9.17) is 6.85 Å². The Kier molecular flexibility index (Phi) is 2.98. The van der Waals surface area contributed by atoms with Gasteiger partial charge in [-0.2, -0.15) is 0 Å². The zero-order valence-corrected chi connectivity index (χ0v) is 13.6. The lowest BCUT2D eigenvalue weighted by molar-refractivity contribution is -0.0495. The van der Waals surface area contributed by atoms with Gasteiger partial charge in [0.05, 0.1) is 12.5 Å². The summed E-state index contributed by atoms with van der Waals surface area (Å²) in [5, 5.41) is 12.0. The Bertz CT molecular complexity index is 762. The maximum atomic E-state index is 12.0. The highest BCUT2D eigenvalue weighted by atomic mass is 16.3. The van der Waals surface area contributed by atoms with E-state index >= 15 is 0 Å². The monoisotopic (exact) mass is 316 g/mol. The van der Waals surface area contributed by atoms with E-state index in [2.05, 4.69) is 17.1 Å². The van der Waals surface area contributed by atoms with Crippen LogP contribution in [-0.4, -0.2) is 29.6 Å². The summed E-state index contributed by atoms with van der Waals surface area (Å²) in [4.78, 5) is 2.34. The normalized spacial score (nSPS) is 36.0. The lowest BCUT2D eigenvalue weighted by Gasteiger charge is -2.40. The van der Waals surface area contributed by atoms with Crippen molar-refractivity contribution in [2.75, 3.05) is 19.6 Å². The van der Waals surface area contributed by atoms with Crippen LogP contribution < -0.4 is 0 Å². The van der Waals surface area contributed by atoms with E-state index in [1.807, 2.05) is 0 Å². The quantitative estimate of drug-likeness (QED) is 0.831. The minimum atomic E-state index is -1.41. The number of nitrogens with zero attached hydrogens (tertiary/aromatic N) is 1. The predicted octanol–water partition coefficient (Wildman–Crippen LogP) is 3.96. The summed E-state index contributed by atoms with van der Waals surface area (Å²) in [5.74, 6) is 0.548. The molecule has 0 spiro atoms. The van der Waals surface area contributed by atoms with Gasteiger partial charge in [0.25, 0.3) is 0 Å². The maximum Gasteiger partial charge on any atom is 0.0942 e. The molecule has 0 aromatic heterocycles. The molecule has 0 amide bonds. The molecular formula is C21H29NO. The lowest BCUT2D eigenvalue weighted by atomic mass is 9.72. The van der Waals surface area contributed by atoms with Crippen molar-refractivity contribution >= 4 is 0 Å². The van der Waals surface area contributed by atoms with E-state index in [1.54, 1.807) is 0 Å². The third kappa shape index (κ3) is 2.99. The molecule has 23 heavy (non-hydrogen) atoms. The second-order valence-electron chi connectivity index (χ2n) is 7.46. The SMILES string of the molecule is [2H]c1c([2H])c([2H])c([C@@](O)(CCN2CCCCC2)[C@H]2C[C@@H]3C=C[C@H]2C3)c([2H])c1[2H]. The lowest BCUT2D eigenvalue weighted by Crippen LogP contribution is -2.42. The van der Waals surface area contributed by atoms with Crippen molar-refractivity contribution in [3.63, 3.8) is 0 Å². The molecule has 1 aromatic rings. The topological polar surface area (TPSA) is 23.5 Å². The summed E-state index contributed by atoms with van der Waals surface area (Å²) in [6.45, 7) is 2.71. The number of aliphatic hydroxyl groups is 1. The maximum absolute atomic E-state index is 12.0. The number of likely N-dealkylation sites (tertiary alicyclic amines) is 1. The highest BCUT2D eigenvalue weighted by molar-refractivity contribution is 5.27. The molecule has 0 unspecified atom stereocenters. The predicted molar refractivity (Wildman–Crippen MR) is 94.1 cm³/mol. The number of hydrogen-bond donors (Lipinski definition) is 1. The third-order valence-electron chi connectivity index (χ3n) is 6.08. The number of rotatable bonds is 5. The smallest absolute Gasteiger partial charge is 0.0942 e. The average molecular weight is 316 g/mol. The summed E-state index contributed by atoms with van der Waals surface area (Å²) < 4.78 is 40.9. The molecule has 2 heteroatoms. The Hall–Kier alpha value is -1.12. The van der Waals surface area contributed by atoms with Crippen LogP contribution in [0.1, 0.15) is 50.9 Å². The van der Waals surface area contributed by atoms with Gasteiger partial charge in [0.2, 0.25) is 0 Å². The molecule has 3 aliphatic rings. The van der Waals surface area contributed by atoms with Crippen LogP contribution in [0.4, 0.5) is 0 Å². The first-order valence-electron chi connectivity index (χ1n) is 11.5. The van der Waals surface area contributed by atoms with Gasteiger partial charge in [-0.1, -0.05) is 48.8 Å². The first-order chi connectivity index (χ1) is 13.3. The largest absolute Gasteiger partial charge is 0.385 e. The second-order valence-corrected chi connectivity index (χ2v) is 7.46. The molecule has 4 rings (SSSR count). The molecule has 1 heterocycles. The van der Waals surface area contributed by atoms with Gasteiger partial charge >= 0.3 is 0 Å². The number of hydrogen-bond acceptors (Lipinski definition) is 2. The Balaban J connectivity index is 1.74. The van der Waals surface area contributed by atoms with Crippen LogP contribution >= 0.6 is 0 Å². The van der Waals surface area contributed by atoms with Gasteiger partial charge in [0.15, 0.2) is 0 Å². The van der Waals surface area contributed by atoms with Crippen molar-refractivity contribution in [1.82, 2.24) is 4.90 Å². The van der Waals surface area contributed by atoms with Crippen molar-refractivity contribution in [3.8, 4) is 0 Å². The van der Waals surface area contributed by atoms with Gasteiger partial charge in [-0.25, -0.2) is 0 Å². The molecule has 1 saturated heterocycles. The summed E-state index contributed by atoms with van der Waals surface area (Å²) in [6, 6.07) is -1.61. The van der Waals surface area contributed by atoms with Crippen LogP contribution in [0, 0.1) is 17.8 Å². The fourth-order valence-electron chi connectivity index (χ4n) is 4.80. The molecule has 4 atom stereocenters. The van der Waals surface area contributed by atoms with Gasteiger partial charge < -0.3 is 10.0 Å². The minimum Gasteiger partial charge on any atom is -0.385 e. The molecule has 2 nitrogen and oxygen atoms in total. The third-order valence-corrected chi connectivity index (χ3v) is 6.08. The Morgan fingerprint density at radius 3 is 2.52 bits per heavy atom. The highest BCUT2D eigenvalue weighted by Gasteiger charge is 2.48. The molecule has 0 radical (unpaired) electrons. The van der Waals surface area contributed by atoms with E-state index in [-0.39, 0.29) is 41.6 Å². The van der Waals surface area contributed by atoms with Crippen LogP contribution in [0.15, 0.2) is 42.4 Å². The van der Waals surface area contributed by atoms with Crippen LogP contribution in [0.2, 0.25) is 0 Å². The van der Waals surface area contributed by atoms with Gasteiger partial charge in [-0.15, -0.1) is 0 Å². The van der Waals surface area contributed by atoms with E-state index in [0.717, 1.165) is 38.8 Å². The van der Waals surface area contributed by atoms with Gasteiger partial charge in [0.1, 0.15) is 0 Å². The first kappa shape index (κ1) is 10.7. The molecular weight excluding hydrogens is 282 g/mol. The molecule has 2 fully saturated rings. The summed E-state index contributed by atoms with van der Waals surface area (Å²) >= 11 is 0. The van der Waals surface area contributed by atoms with Crippen molar-refractivity contribution < 1.29 is 12.0 Å². The van der Waals surface area contributed by atoms with Crippen molar-refractivity contribution in [2.45, 2.75) is 44.1 Å². The fourth-order valence-corrected chi connectivity index (χ4v) is 4.80. The highest BCUT2D eigenvalue weighted by Crippen LogP contribution is 2.52. The summed E-state index contributed by atoms with van der Waals surface area (Å²) in [6.07, 6.45) is 10.1. The molecule has 1 aliphatic heterocycles. The van der Waals surface area contributed by atoms with Gasteiger partial charge in [-0.05, 0) is 68.5 Å². The molecule has 1 saturated carbocycles. The molecule has 1 N–H and O–H groups in total. The Morgan fingerprint density at radius 1 is 1.09 bits per heavy atom. The fraction of sp³-hybridized carbons (Fsp3) is 0.619. The number of benzene rings is 1. The van der Waals surface area contributed by atoms with Crippen molar-refractivity contribution in [2.24, 2.45) is 17.8 Å². The Morgan fingerprint density at radius 2 is 1.87 bits per heavy atom. The van der Waals surface area contributed by atoms with Crippen molar-refractivity contribution in [3.05, 3.63) is 47.9 Å². The van der Waals surface area contributed by atoms with Crippen LogP contribution in [-0.2, 0) is 5.60 Å². The zero-order valence-electron chi connectivity index (χ0n) is 18.6. The van der Waals surface area contributed by atoms with E-state index in [9.17, 15) is 5.11 Å². The van der Waals surface area contributed by atoms with Crippen LogP contribution in [0.5, 0.6) is 0 Å². The minimum absolute atomic E-state index is 0.0986. The summed E-state index contributed by atoms with van der Waals surface area (Å²) in [5.41, 5.74) is -1.31. The zero-order chi connectivity index (χ0) is 20.1. The van der Waals surface area contributed by atoms with Crippen LogP contribution in [0.25, 0.3) is 0 Å². The number of piperidine rings is 1. The van der Waals surface area contributed by atoms with Crippen LogP contribution in [0.3, 0.4) is 0 Å². The van der Waals surface area contributed by atoms with Gasteiger partial charge in [-0.3, -0.25) is 0 Å². The molecule has 124 valence electrons. The average Bonchev–Trinajstić information content (AvgIpc) is 3.34. The summed E-state index contributed by atoms with van der Waals surface area (Å²) in [7, 11) is 0. The first-order valence-corrected chi connectivity index (χ1v) is 9.03. The van der Waals surface area contributed by atoms with Gasteiger partial charge in [0, 0.05) is 6.54 Å². The standard InChI is InChI=1S/C21H29NO/c23-21(19-7-3-1-4-8-19,11-14-22-12-5-2-6-13-22)20-16-17-9-10-18(20)15-17/h1,3-4,7-10,17-18,20,23H,2,5-6,11-16H2/t17-,18+,20+,21+/m1/s1/i1D,3D,4D,7D,8D. The van der Waals surface area contributed by atoms with E-state index in [0.29, 0.717) is 18.9 Å². The van der Waals surface area contributed by atoms with E-state index < -0.39 is 11.6 Å². The van der Waals surface area contributed by atoms with E-state index in [1.165, 1.54) is 6.42 Å². The van der Waals surface area contributed by atoms with Crippen molar-refractivity contribution in [1.29, 1.82) is 0 Å². The molecule has 2 bridgehead atoms.